The Labute approximate surface area is 408 Å². The van der Waals surface area contributed by atoms with Crippen LogP contribution in [0.15, 0.2) is 126 Å². The summed E-state index contributed by atoms with van der Waals surface area (Å²) in [5.74, 6) is 0. The number of benzene rings is 6. The molecule has 0 radical (unpaired) electrons. The van der Waals surface area contributed by atoms with Crippen LogP contribution in [0.4, 0.5) is 0 Å². The van der Waals surface area contributed by atoms with Gasteiger partial charge in [0.15, 0.2) is 0 Å². The van der Waals surface area contributed by atoms with Gasteiger partial charge in [-0.25, -0.2) is 0 Å². The molecule has 9 rings (SSSR count). The van der Waals surface area contributed by atoms with Crippen molar-refractivity contribution in [2.24, 2.45) is 0 Å². The molecule has 0 bridgehead atoms. The summed E-state index contributed by atoms with van der Waals surface area (Å²) in [5, 5.41) is 3.00. The van der Waals surface area contributed by atoms with Crippen LogP contribution in [0.1, 0.15) is 160 Å². The molecule has 341 valence electrons. The molecule has 1 heterocycles. The Morgan fingerprint density at radius 1 is 0.500 bits per heavy atom. The number of allylic oxidation sites excluding steroid dienone is 2. The fraction of sp³-hybridized carbons (Fsp3) is 0.355. The van der Waals surface area contributed by atoms with Gasteiger partial charge in [-0.2, -0.15) is 0 Å². The van der Waals surface area contributed by atoms with Crippen LogP contribution >= 0.6 is 17.0 Å². The van der Waals surface area contributed by atoms with E-state index in [1.807, 2.05) is 0 Å². The van der Waals surface area contributed by atoms with Crippen LogP contribution in [0, 0.1) is 0 Å². The molecular weight excluding hydrogens is 935 g/mol. The second kappa shape index (κ2) is 18.1. The molecule has 0 N–H and O–H groups in total. The monoisotopic (exact) mass is 1000 g/mol. The molecule has 0 fully saturated rings. The molecule has 66 heavy (non-hydrogen) atoms. The predicted molar refractivity (Wildman–Crippen MR) is 291 cm³/mol. The van der Waals surface area contributed by atoms with Crippen molar-refractivity contribution in [1.82, 2.24) is 0 Å². The Bertz CT molecular complexity index is 2770. The maximum absolute atomic E-state index is 9.65. The first-order valence-corrected chi connectivity index (χ1v) is 37.1. The van der Waals surface area contributed by atoms with Gasteiger partial charge < -0.3 is 0 Å². The topological polar surface area (TPSA) is 0 Å². The van der Waals surface area contributed by atoms with E-state index in [0.29, 0.717) is 0 Å². The Kier molecular flexibility index (Phi) is 13.0. The average molecular weight is 1010 g/mol. The first kappa shape index (κ1) is 47.5. The van der Waals surface area contributed by atoms with Gasteiger partial charge in [0.1, 0.15) is 0 Å². The summed E-state index contributed by atoms with van der Waals surface area (Å²) in [6.07, 6.45) is 13.6. The van der Waals surface area contributed by atoms with E-state index in [1.165, 1.54) is 103 Å². The Morgan fingerprint density at radius 3 is 1.39 bits per heavy atom. The van der Waals surface area contributed by atoms with Gasteiger partial charge in [0.05, 0.1) is 0 Å². The Morgan fingerprint density at radius 2 is 0.939 bits per heavy atom. The first-order chi connectivity index (χ1) is 31.6. The number of fused-ring (bicyclic) bond motifs is 5. The third kappa shape index (κ3) is 7.81. The van der Waals surface area contributed by atoms with Gasteiger partial charge in [-0.15, -0.1) is 0 Å². The quantitative estimate of drug-likeness (QED) is 0.101. The standard InChI is InChI=1S/2C25H31.C12H9Si.2ClH.Zr/c2*1-6-8-11-18-16-20-14-15-23(25(3,4)5)24(22(20)17-18)21-13-10-9-12-19(21)7-2;1-3-7-11-9(5-1)10-6-2-4-8-12(10)13-11;;;/h2*9-10,12-17H,6-8,11H2,1-5H3;1-7H,13H2;2*1H;/q;;;;;+2/p-2. The van der Waals surface area contributed by atoms with Crippen LogP contribution < -0.4 is 13.6 Å². The van der Waals surface area contributed by atoms with Gasteiger partial charge in [0.2, 0.25) is 0 Å². The zero-order valence-electron chi connectivity index (χ0n) is 41.4. The second-order valence-electron chi connectivity index (χ2n) is 21.8. The molecule has 6 aromatic carbocycles. The molecule has 2 aliphatic carbocycles. The van der Waals surface area contributed by atoms with E-state index >= 15 is 0 Å². The molecular formula is C62H71Cl2SiZr. The predicted octanol–water partition coefficient (Wildman–Crippen LogP) is 16.1. The van der Waals surface area contributed by atoms with Crippen LogP contribution in [-0.4, -0.2) is 9.52 Å². The molecule has 6 aromatic rings. The SMILES string of the molecule is CCCCC1=Cc2c(ccc(C(C)(C)C)c2-c2ccccc2CC)[CH]1[Zr]([Cl])([Cl])([c]1cccc2c1[SiH2]c1ccccc1-2)[CH]1C(CCCC)=Cc2c1ccc(C(C)(C)C)c2-c1ccccc1CC. The summed E-state index contributed by atoms with van der Waals surface area (Å²) in [6.45, 7) is 23.5. The van der Waals surface area contributed by atoms with Gasteiger partial charge >= 0.3 is 412 Å². The summed E-state index contributed by atoms with van der Waals surface area (Å²) < 4.78 is 1.12. The summed E-state index contributed by atoms with van der Waals surface area (Å²) in [7, 11) is 18.4. The maximum atomic E-state index is 9.65. The fourth-order valence-corrected chi connectivity index (χ4v) is 40.5. The number of aryl methyl sites for hydroxylation is 2. The molecule has 0 spiro atoms. The van der Waals surface area contributed by atoms with Crippen LogP contribution in [0.25, 0.3) is 45.5 Å². The van der Waals surface area contributed by atoms with E-state index in [4.69, 9.17) is 0 Å². The number of rotatable bonds is 13. The molecule has 0 saturated carbocycles. The van der Waals surface area contributed by atoms with Gasteiger partial charge in [0.25, 0.3) is 0 Å². The summed E-state index contributed by atoms with van der Waals surface area (Å²) in [6, 6.07) is 44.5. The van der Waals surface area contributed by atoms with Crippen molar-refractivity contribution in [3.05, 3.63) is 171 Å². The van der Waals surface area contributed by atoms with Crippen LogP contribution in [-0.2, 0) is 40.1 Å². The van der Waals surface area contributed by atoms with Gasteiger partial charge in [-0.05, 0) is 0 Å². The van der Waals surface area contributed by atoms with Crippen LogP contribution in [0.5, 0.6) is 0 Å². The Balaban J connectivity index is 1.43. The number of hydrogen-bond donors (Lipinski definition) is 0. The van der Waals surface area contributed by atoms with E-state index in [1.54, 1.807) is 0 Å². The normalized spacial score (nSPS) is 17.5. The third-order valence-electron chi connectivity index (χ3n) is 15.6. The average Bonchev–Trinajstić information content (AvgIpc) is 4.01. The number of unbranched alkanes of at least 4 members (excludes halogenated alkanes) is 2. The van der Waals surface area contributed by atoms with Crippen molar-refractivity contribution in [2.45, 2.75) is 139 Å². The molecule has 1 aliphatic heterocycles. The third-order valence-corrected chi connectivity index (χ3v) is 38.4. The van der Waals surface area contributed by atoms with Crippen LogP contribution in [0.3, 0.4) is 0 Å². The van der Waals surface area contributed by atoms with Gasteiger partial charge in [-0.1, -0.05) is 0 Å². The summed E-state index contributed by atoms with van der Waals surface area (Å²) in [5.41, 5.74) is 21.9. The zero-order valence-corrected chi connectivity index (χ0v) is 46.8. The molecule has 0 saturated heterocycles. The number of halogens is 2. The molecule has 0 nitrogen and oxygen atoms in total. The van der Waals surface area contributed by atoms with Crippen molar-refractivity contribution in [1.29, 1.82) is 0 Å². The van der Waals surface area contributed by atoms with E-state index in [0.717, 1.165) is 51.4 Å². The first-order valence-electron chi connectivity index (χ1n) is 25.3. The molecule has 2 atom stereocenters. The van der Waals surface area contributed by atoms with Crippen molar-refractivity contribution < 1.29 is 16.4 Å². The van der Waals surface area contributed by atoms with E-state index in [-0.39, 0.29) is 18.1 Å². The molecule has 0 aromatic heterocycles. The van der Waals surface area contributed by atoms with Crippen LogP contribution in [0.2, 0.25) is 0 Å². The molecule has 4 heteroatoms. The van der Waals surface area contributed by atoms with Crippen molar-refractivity contribution >= 4 is 52.3 Å². The minimum atomic E-state index is -5.78. The fourth-order valence-electron chi connectivity index (χ4n) is 12.5. The van der Waals surface area contributed by atoms with E-state index < -0.39 is 25.9 Å². The molecule has 3 aliphatic rings. The summed E-state index contributed by atoms with van der Waals surface area (Å²) >= 11 is -5.78. The van der Waals surface area contributed by atoms with Gasteiger partial charge in [0, 0.05) is 0 Å². The van der Waals surface area contributed by atoms with Crippen molar-refractivity contribution in [3.63, 3.8) is 0 Å². The Hall–Kier alpha value is -3.52. The van der Waals surface area contributed by atoms with E-state index in [9.17, 15) is 17.0 Å². The zero-order chi connectivity index (χ0) is 46.8. The minimum absolute atomic E-state index is 0.0747. The molecule has 2 unspecified atom stereocenters. The van der Waals surface area contributed by atoms with E-state index in [2.05, 4.69) is 197 Å². The van der Waals surface area contributed by atoms with Gasteiger partial charge in [-0.3, -0.25) is 0 Å². The molecule has 0 amide bonds. The summed E-state index contributed by atoms with van der Waals surface area (Å²) in [4.78, 5) is 0. The second-order valence-corrected chi connectivity index (χ2v) is 44.3. The number of hydrogen-bond acceptors (Lipinski definition) is 0. The van der Waals surface area contributed by atoms with Crippen molar-refractivity contribution in [2.75, 3.05) is 0 Å². The van der Waals surface area contributed by atoms with Crippen molar-refractivity contribution in [3.8, 4) is 33.4 Å².